The zero-order valence-corrected chi connectivity index (χ0v) is 13.5. The van der Waals surface area contributed by atoms with Gasteiger partial charge in [-0.2, -0.15) is 11.8 Å². The summed E-state index contributed by atoms with van der Waals surface area (Å²) in [5.74, 6) is 0.0963. The highest BCUT2D eigenvalue weighted by Crippen LogP contribution is 2.45. The molecule has 1 aliphatic carbocycles. The van der Waals surface area contributed by atoms with Crippen molar-refractivity contribution in [3.05, 3.63) is 0 Å². The highest BCUT2D eigenvalue weighted by Gasteiger charge is 2.47. The molecule has 5 nitrogen and oxygen atoms in total. The molecule has 1 saturated heterocycles. The van der Waals surface area contributed by atoms with Crippen LogP contribution in [0.15, 0.2) is 0 Å². The van der Waals surface area contributed by atoms with Gasteiger partial charge in [0.05, 0.1) is 5.37 Å². The average Bonchev–Trinajstić information content (AvgIpc) is 3.16. The number of urea groups is 1. The maximum atomic E-state index is 12.3. The van der Waals surface area contributed by atoms with E-state index in [1.807, 2.05) is 6.26 Å². The molecule has 0 spiro atoms. The molecular weight excluding hydrogens is 296 g/mol. The van der Waals surface area contributed by atoms with Crippen molar-refractivity contribution in [1.82, 2.24) is 10.2 Å². The van der Waals surface area contributed by atoms with Crippen molar-refractivity contribution in [2.24, 2.45) is 5.92 Å². The molecule has 20 heavy (non-hydrogen) atoms. The molecule has 0 bridgehead atoms. The third kappa shape index (κ3) is 3.75. The number of aliphatic carboxylic acids is 1. The summed E-state index contributed by atoms with van der Waals surface area (Å²) < 4.78 is 0. The smallest absolute Gasteiger partial charge is 0.327 e. The number of carboxylic acids is 1. The molecule has 2 amide bonds. The van der Waals surface area contributed by atoms with Crippen LogP contribution in [0.25, 0.3) is 0 Å². The van der Waals surface area contributed by atoms with E-state index >= 15 is 0 Å². The normalized spacial score (nSPS) is 27.4. The zero-order valence-electron chi connectivity index (χ0n) is 11.9. The lowest BCUT2D eigenvalue weighted by Gasteiger charge is -2.27. The summed E-state index contributed by atoms with van der Waals surface area (Å²) in [6, 6.07) is -0.892. The first-order chi connectivity index (χ1) is 9.54. The second kappa shape index (κ2) is 6.93. The number of rotatable bonds is 6. The molecule has 2 N–H and O–H groups in total. The van der Waals surface area contributed by atoms with Crippen LogP contribution in [0.1, 0.15) is 26.2 Å². The Hall–Kier alpha value is -0.560. The van der Waals surface area contributed by atoms with E-state index in [9.17, 15) is 14.7 Å². The molecule has 3 unspecified atom stereocenters. The first-order valence-electron chi connectivity index (χ1n) is 6.98. The van der Waals surface area contributed by atoms with Crippen molar-refractivity contribution in [2.75, 3.05) is 18.6 Å². The van der Waals surface area contributed by atoms with Gasteiger partial charge in [-0.3, -0.25) is 4.90 Å². The van der Waals surface area contributed by atoms with Crippen molar-refractivity contribution in [3.63, 3.8) is 0 Å². The Balaban J connectivity index is 1.91. The van der Waals surface area contributed by atoms with E-state index in [0.717, 1.165) is 19.3 Å². The molecule has 0 aromatic rings. The minimum absolute atomic E-state index is 0.0501. The molecule has 7 heteroatoms. The molecule has 0 radical (unpaired) electrons. The number of thioether (sulfide) groups is 2. The number of amides is 2. The van der Waals surface area contributed by atoms with E-state index in [4.69, 9.17) is 0 Å². The summed E-state index contributed by atoms with van der Waals surface area (Å²) in [4.78, 5) is 25.2. The first kappa shape index (κ1) is 15.8. The van der Waals surface area contributed by atoms with E-state index in [1.54, 1.807) is 28.4 Å². The standard InChI is InChI=1S/C13H22N2O3S2/c1-8(19-2)5-6-14-13(18)15-10(12(16)17)7-20-11(15)9-3-4-9/h8-11H,3-7H2,1-2H3,(H,14,18)(H,16,17). The quantitative estimate of drug-likeness (QED) is 0.784. The zero-order chi connectivity index (χ0) is 14.7. The average molecular weight is 318 g/mol. The van der Waals surface area contributed by atoms with Crippen LogP contribution in [-0.4, -0.2) is 57.2 Å². The Morgan fingerprint density at radius 2 is 2.20 bits per heavy atom. The fourth-order valence-corrected chi connectivity index (χ4v) is 4.29. The summed E-state index contributed by atoms with van der Waals surface area (Å²) in [6.45, 7) is 2.72. The molecule has 0 aromatic heterocycles. The van der Waals surface area contributed by atoms with Gasteiger partial charge in [0.2, 0.25) is 0 Å². The van der Waals surface area contributed by atoms with E-state index in [-0.39, 0.29) is 11.4 Å². The number of carbonyl (C=O) groups excluding carboxylic acids is 1. The molecule has 1 saturated carbocycles. The summed E-state index contributed by atoms with van der Waals surface area (Å²) in [5, 5.41) is 12.7. The van der Waals surface area contributed by atoms with Gasteiger partial charge < -0.3 is 10.4 Å². The third-order valence-electron chi connectivity index (χ3n) is 3.81. The SMILES string of the molecule is CSC(C)CCNC(=O)N1C(C(=O)O)CSC1C1CC1. The van der Waals surface area contributed by atoms with Gasteiger partial charge in [0.1, 0.15) is 6.04 Å². The van der Waals surface area contributed by atoms with E-state index in [2.05, 4.69) is 12.2 Å². The minimum Gasteiger partial charge on any atom is -0.480 e. The maximum absolute atomic E-state index is 12.3. The second-order valence-corrected chi connectivity index (χ2v) is 7.82. The Kier molecular flexibility index (Phi) is 5.49. The van der Waals surface area contributed by atoms with Crippen LogP contribution in [-0.2, 0) is 4.79 Å². The predicted octanol–water partition coefficient (Wildman–Crippen LogP) is 2.08. The van der Waals surface area contributed by atoms with Crippen LogP contribution in [0.4, 0.5) is 4.79 Å². The Labute approximate surface area is 128 Å². The van der Waals surface area contributed by atoms with E-state index < -0.39 is 12.0 Å². The van der Waals surface area contributed by atoms with Crippen LogP contribution in [0.2, 0.25) is 0 Å². The van der Waals surface area contributed by atoms with E-state index in [1.165, 1.54) is 0 Å². The lowest BCUT2D eigenvalue weighted by atomic mass is 10.2. The molecular formula is C13H22N2O3S2. The van der Waals surface area contributed by atoms with Crippen LogP contribution in [0.3, 0.4) is 0 Å². The summed E-state index contributed by atoms with van der Waals surface area (Å²) >= 11 is 3.38. The van der Waals surface area contributed by atoms with Crippen molar-refractivity contribution in [3.8, 4) is 0 Å². The molecule has 114 valence electrons. The predicted molar refractivity (Wildman–Crippen MR) is 83.2 cm³/mol. The largest absolute Gasteiger partial charge is 0.480 e. The Morgan fingerprint density at radius 1 is 1.50 bits per heavy atom. The van der Waals surface area contributed by atoms with Gasteiger partial charge in [-0.1, -0.05) is 6.92 Å². The van der Waals surface area contributed by atoms with Gasteiger partial charge in [-0.05, 0) is 31.4 Å². The first-order valence-corrected chi connectivity index (χ1v) is 9.31. The highest BCUT2D eigenvalue weighted by atomic mass is 32.2. The monoisotopic (exact) mass is 318 g/mol. The Morgan fingerprint density at radius 3 is 2.75 bits per heavy atom. The van der Waals surface area contributed by atoms with Crippen LogP contribution in [0.5, 0.6) is 0 Å². The number of nitrogens with zero attached hydrogens (tertiary/aromatic N) is 1. The van der Waals surface area contributed by atoms with Crippen molar-refractivity contribution in [2.45, 2.75) is 42.9 Å². The topological polar surface area (TPSA) is 69.6 Å². The van der Waals surface area contributed by atoms with Crippen LogP contribution in [0, 0.1) is 5.92 Å². The Bertz CT molecular complexity index is 377. The molecule has 1 heterocycles. The highest BCUT2D eigenvalue weighted by molar-refractivity contribution is 8.00. The number of hydrogen-bond donors (Lipinski definition) is 2. The fourth-order valence-electron chi connectivity index (χ4n) is 2.31. The van der Waals surface area contributed by atoms with Gasteiger partial charge in [-0.25, -0.2) is 9.59 Å². The third-order valence-corrected chi connectivity index (χ3v) is 6.31. The summed E-state index contributed by atoms with van der Waals surface area (Å²) in [5.41, 5.74) is 0. The lowest BCUT2D eigenvalue weighted by molar-refractivity contribution is -0.141. The van der Waals surface area contributed by atoms with Crippen LogP contribution < -0.4 is 5.32 Å². The van der Waals surface area contributed by atoms with Gasteiger partial charge >= 0.3 is 12.0 Å². The van der Waals surface area contributed by atoms with E-state index in [0.29, 0.717) is 23.5 Å². The number of hydrogen-bond acceptors (Lipinski definition) is 4. The molecule has 2 rings (SSSR count). The molecule has 2 fully saturated rings. The van der Waals surface area contributed by atoms with Gasteiger partial charge in [0.25, 0.3) is 0 Å². The fraction of sp³-hybridized carbons (Fsp3) is 0.846. The van der Waals surface area contributed by atoms with Crippen LogP contribution >= 0.6 is 23.5 Å². The number of carboxylic acid groups (broad SMARTS) is 1. The van der Waals surface area contributed by atoms with Crippen molar-refractivity contribution < 1.29 is 14.7 Å². The molecule has 2 aliphatic rings. The maximum Gasteiger partial charge on any atom is 0.327 e. The number of nitrogens with one attached hydrogen (secondary N) is 1. The van der Waals surface area contributed by atoms with Gasteiger partial charge in [0.15, 0.2) is 0 Å². The summed E-state index contributed by atoms with van der Waals surface area (Å²) in [7, 11) is 0. The van der Waals surface area contributed by atoms with Gasteiger partial charge in [-0.15, -0.1) is 11.8 Å². The van der Waals surface area contributed by atoms with Crippen molar-refractivity contribution >= 4 is 35.5 Å². The molecule has 0 aromatic carbocycles. The number of carbonyl (C=O) groups is 2. The second-order valence-electron chi connectivity index (χ2n) is 5.39. The summed E-state index contributed by atoms with van der Waals surface area (Å²) in [6.07, 6.45) is 5.17. The minimum atomic E-state index is -0.895. The van der Waals surface area contributed by atoms with Gasteiger partial charge in [0, 0.05) is 17.5 Å². The lowest BCUT2D eigenvalue weighted by Crippen LogP contribution is -2.51. The molecule has 1 aliphatic heterocycles. The molecule has 3 atom stereocenters. The van der Waals surface area contributed by atoms with Crippen molar-refractivity contribution in [1.29, 1.82) is 0 Å².